The van der Waals surface area contributed by atoms with Crippen LogP contribution in [0.4, 0.5) is 5.69 Å². The molecule has 0 atom stereocenters. The van der Waals surface area contributed by atoms with Crippen LogP contribution in [-0.2, 0) is 6.42 Å². The molecule has 0 bridgehead atoms. The molecule has 2 aromatic carbocycles. The summed E-state index contributed by atoms with van der Waals surface area (Å²) in [5, 5.41) is 3.46. The fraction of sp³-hybridized carbons (Fsp3) is 0.368. The average molecular weight is 283 g/mol. The van der Waals surface area contributed by atoms with Crippen LogP contribution in [0.15, 0.2) is 48.5 Å². The number of hydrogen-bond acceptors (Lipinski definition) is 2. The van der Waals surface area contributed by atoms with E-state index < -0.39 is 0 Å². The van der Waals surface area contributed by atoms with Gasteiger partial charge in [0, 0.05) is 12.2 Å². The Hall–Kier alpha value is -1.96. The molecule has 1 N–H and O–H groups in total. The van der Waals surface area contributed by atoms with Gasteiger partial charge in [0.1, 0.15) is 12.4 Å². The molecule has 0 unspecified atom stereocenters. The maximum absolute atomic E-state index is 5.77. The Morgan fingerprint density at radius 2 is 1.71 bits per heavy atom. The van der Waals surface area contributed by atoms with Crippen molar-refractivity contribution in [1.82, 2.24) is 0 Å². The van der Waals surface area contributed by atoms with Crippen molar-refractivity contribution in [2.75, 3.05) is 18.5 Å². The first-order valence-electron chi connectivity index (χ1n) is 7.75. The van der Waals surface area contributed by atoms with E-state index in [0.717, 1.165) is 18.7 Å². The lowest BCUT2D eigenvalue weighted by Gasteiger charge is -2.15. The van der Waals surface area contributed by atoms with Crippen LogP contribution in [0.3, 0.4) is 0 Å². The zero-order valence-corrected chi connectivity index (χ0v) is 13.2. The standard InChI is InChI=1S/C19H25NO/c1-4-16-9-11-17(12-10-16)21-14-13-20-19-8-6-5-7-18(19)15(2)3/h5-12,15,20H,4,13-14H2,1-3H3. The van der Waals surface area contributed by atoms with Crippen molar-refractivity contribution in [3.63, 3.8) is 0 Å². The minimum atomic E-state index is 0.524. The van der Waals surface area contributed by atoms with Gasteiger partial charge in [-0.15, -0.1) is 0 Å². The monoisotopic (exact) mass is 283 g/mol. The number of rotatable bonds is 7. The van der Waals surface area contributed by atoms with Crippen molar-refractivity contribution in [1.29, 1.82) is 0 Å². The number of aryl methyl sites for hydroxylation is 1. The highest BCUT2D eigenvalue weighted by Gasteiger charge is 2.04. The summed E-state index contributed by atoms with van der Waals surface area (Å²) in [6, 6.07) is 16.8. The van der Waals surface area contributed by atoms with Gasteiger partial charge >= 0.3 is 0 Å². The van der Waals surface area contributed by atoms with Crippen molar-refractivity contribution in [2.24, 2.45) is 0 Å². The first-order valence-corrected chi connectivity index (χ1v) is 7.75. The lowest BCUT2D eigenvalue weighted by atomic mass is 10.0. The van der Waals surface area contributed by atoms with E-state index in [1.54, 1.807) is 0 Å². The molecular formula is C19H25NO. The number of hydrogen-bond donors (Lipinski definition) is 1. The molecule has 2 aromatic rings. The number of para-hydroxylation sites is 1. The van der Waals surface area contributed by atoms with Gasteiger partial charge in [0.05, 0.1) is 0 Å². The molecular weight excluding hydrogens is 258 g/mol. The Morgan fingerprint density at radius 3 is 2.38 bits per heavy atom. The number of nitrogens with one attached hydrogen (secondary N) is 1. The van der Waals surface area contributed by atoms with Gasteiger partial charge in [-0.2, -0.15) is 0 Å². The molecule has 0 radical (unpaired) electrons. The molecule has 0 aliphatic heterocycles. The van der Waals surface area contributed by atoms with Crippen molar-refractivity contribution < 1.29 is 4.74 Å². The second-order valence-electron chi connectivity index (χ2n) is 5.51. The van der Waals surface area contributed by atoms with E-state index in [1.165, 1.54) is 16.8 Å². The molecule has 0 saturated heterocycles. The van der Waals surface area contributed by atoms with Crippen molar-refractivity contribution >= 4 is 5.69 Å². The molecule has 0 aromatic heterocycles. The van der Waals surface area contributed by atoms with Gasteiger partial charge in [-0.1, -0.05) is 51.1 Å². The Balaban J connectivity index is 1.82. The van der Waals surface area contributed by atoms with Crippen LogP contribution in [0.25, 0.3) is 0 Å². The molecule has 0 spiro atoms. The number of benzene rings is 2. The molecule has 0 fully saturated rings. The normalized spacial score (nSPS) is 10.7. The van der Waals surface area contributed by atoms with Crippen LogP contribution in [0.1, 0.15) is 37.8 Å². The quantitative estimate of drug-likeness (QED) is 0.732. The highest BCUT2D eigenvalue weighted by molar-refractivity contribution is 5.52. The minimum absolute atomic E-state index is 0.524. The van der Waals surface area contributed by atoms with E-state index >= 15 is 0 Å². The van der Waals surface area contributed by atoms with Crippen LogP contribution in [0, 0.1) is 0 Å². The van der Waals surface area contributed by atoms with E-state index in [1.807, 2.05) is 12.1 Å². The first-order chi connectivity index (χ1) is 10.2. The molecule has 2 nitrogen and oxygen atoms in total. The van der Waals surface area contributed by atoms with Gasteiger partial charge in [0.15, 0.2) is 0 Å². The number of ether oxygens (including phenoxy) is 1. The molecule has 0 amide bonds. The van der Waals surface area contributed by atoms with Gasteiger partial charge < -0.3 is 10.1 Å². The molecule has 21 heavy (non-hydrogen) atoms. The molecule has 0 heterocycles. The summed E-state index contributed by atoms with van der Waals surface area (Å²) < 4.78 is 5.77. The fourth-order valence-corrected chi connectivity index (χ4v) is 2.34. The Bertz CT molecular complexity index is 546. The third-order valence-corrected chi connectivity index (χ3v) is 3.60. The lowest BCUT2D eigenvalue weighted by Crippen LogP contribution is -2.12. The lowest BCUT2D eigenvalue weighted by molar-refractivity contribution is 0.333. The SMILES string of the molecule is CCc1ccc(OCCNc2ccccc2C(C)C)cc1. The first kappa shape index (κ1) is 15.4. The van der Waals surface area contributed by atoms with E-state index in [0.29, 0.717) is 12.5 Å². The molecule has 0 saturated carbocycles. The van der Waals surface area contributed by atoms with Gasteiger partial charge in [-0.05, 0) is 41.7 Å². The zero-order valence-electron chi connectivity index (χ0n) is 13.2. The Kier molecular flexibility index (Phi) is 5.68. The van der Waals surface area contributed by atoms with Crippen LogP contribution < -0.4 is 10.1 Å². The fourth-order valence-electron chi connectivity index (χ4n) is 2.34. The van der Waals surface area contributed by atoms with E-state index in [4.69, 9.17) is 4.74 Å². The third-order valence-electron chi connectivity index (χ3n) is 3.60. The van der Waals surface area contributed by atoms with Crippen molar-refractivity contribution in [3.8, 4) is 5.75 Å². The number of anilines is 1. The van der Waals surface area contributed by atoms with Crippen molar-refractivity contribution in [3.05, 3.63) is 59.7 Å². The summed E-state index contributed by atoms with van der Waals surface area (Å²) in [7, 11) is 0. The Labute approximate surface area is 128 Å². The van der Waals surface area contributed by atoms with Gasteiger partial charge in [0.2, 0.25) is 0 Å². The second-order valence-corrected chi connectivity index (χ2v) is 5.51. The summed E-state index contributed by atoms with van der Waals surface area (Å²) >= 11 is 0. The summed E-state index contributed by atoms with van der Waals surface area (Å²) in [6.45, 7) is 8.06. The van der Waals surface area contributed by atoms with Gasteiger partial charge in [-0.25, -0.2) is 0 Å². The summed E-state index contributed by atoms with van der Waals surface area (Å²) in [4.78, 5) is 0. The summed E-state index contributed by atoms with van der Waals surface area (Å²) in [5.74, 6) is 1.46. The van der Waals surface area contributed by atoms with E-state index in [2.05, 4.69) is 62.5 Å². The largest absolute Gasteiger partial charge is 0.492 e. The summed E-state index contributed by atoms with van der Waals surface area (Å²) in [6.07, 6.45) is 1.06. The third kappa shape index (κ3) is 4.52. The predicted molar refractivity (Wildman–Crippen MR) is 90.3 cm³/mol. The molecule has 2 heteroatoms. The topological polar surface area (TPSA) is 21.3 Å². The highest BCUT2D eigenvalue weighted by atomic mass is 16.5. The van der Waals surface area contributed by atoms with E-state index in [9.17, 15) is 0 Å². The predicted octanol–water partition coefficient (Wildman–Crippen LogP) is 4.86. The Morgan fingerprint density at radius 1 is 1.00 bits per heavy atom. The highest BCUT2D eigenvalue weighted by Crippen LogP contribution is 2.23. The minimum Gasteiger partial charge on any atom is -0.492 e. The van der Waals surface area contributed by atoms with Crippen LogP contribution in [0.2, 0.25) is 0 Å². The van der Waals surface area contributed by atoms with Crippen LogP contribution in [0.5, 0.6) is 5.75 Å². The van der Waals surface area contributed by atoms with Crippen LogP contribution in [-0.4, -0.2) is 13.2 Å². The second kappa shape index (κ2) is 7.72. The zero-order chi connectivity index (χ0) is 15.1. The van der Waals surface area contributed by atoms with Crippen LogP contribution >= 0.6 is 0 Å². The molecule has 112 valence electrons. The molecule has 0 aliphatic carbocycles. The van der Waals surface area contributed by atoms with Crippen molar-refractivity contribution in [2.45, 2.75) is 33.1 Å². The molecule has 0 aliphatic rings. The summed E-state index contributed by atoms with van der Waals surface area (Å²) in [5.41, 5.74) is 3.90. The maximum atomic E-state index is 5.77. The average Bonchev–Trinajstić information content (AvgIpc) is 2.52. The van der Waals surface area contributed by atoms with Gasteiger partial charge in [-0.3, -0.25) is 0 Å². The van der Waals surface area contributed by atoms with Gasteiger partial charge in [0.25, 0.3) is 0 Å². The maximum Gasteiger partial charge on any atom is 0.119 e. The smallest absolute Gasteiger partial charge is 0.119 e. The molecule has 2 rings (SSSR count). The van der Waals surface area contributed by atoms with E-state index in [-0.39, 0.29) is 0 Å².